The molecule has 152 valence electrons. The number of carbonyl (C=O) groups excluding carboxylic acids is 1. The Labute approximate surface area is 171 Å². The van der Waals surface area contributed by atoms with E-state index >= 15 is 0 Å². The predicted molar refractivity (Wildman–Crippen MR) is 115 cm³/mol. The summed E-state index contributed by atoms with van der Waals surface area (Å²) < 4.78 is 11.1. The lowest BCUT2D eigenvalue weighted by atomic mass is 9.89. The highest BCUT2D eigenvalue weighted by atomic mass is 16.5. The normalized spacial score (nSPS) is 14.9. The molecule has 0 saturated carbocycles. The van der Waals surface area contributed by atoms with Crippen LogP contribution < -0.4 is 9.47 Å². The van der Waals surface area contributed by atoms with Gasteiger partial charge < -0.3 is 19.4 Å². The summed E-state index contributed by atoms with van der Waals surface area (Å²) in [6.07, 6.45) is 5.02. The van der Waals surface area contributed by atoms with Crippen molar-refractivity contribution in [2.45, 2.75) is 32.1 Å². The number of aryl methyl sites for hydroxylation is 1. The number of nitrogens with zero attached hydrogens (tertiary/aromatic N) is 1. The second kappa shape index (κ2) is 8.60. The molecule has 0 radical (unpaired) electrons. The summed E-state index contributed by atoms with van der Waals surface area (Å²) in [5, 5.41) is 1.22. The number of hydrogen-bond acceptors (Lipinski definition) is 3. The summed E-state index contributed by atoms with van der Waals surface area (Å²) >= 11 is 0. The second-order valence-corrected chi connectivity index (χ2v) is 7.60. The molecule has 5 heteroatoms. The maximum absolute atomic E-state index is 12.6. The van der Waals surface area contributed by atoms with Crippen LogP contribution in [0.15, 0.2) is 48.7 Å². The third kappa shape index (κ3) is 4.24. The van der Waals surface area contributed by atoms with Crippen LogP contribution in [-0.4, -0.2) is 42.6 Å². The third-order valence-corrected chi connectivity index (χ3v) is 5.90. The van der Waals surface area contributed by atoms with E-state index in [9.17, 15) is 4.79 Å². The van der Waals surface area contributed by atoms with Crippen molar-refractivity contribution in [2.24, 2.45) is 0 Å². The summed E-state index contributed by atoms with van der Waals surface area (Å²) in [6, 6.07) is 14.1. The van der Waals surface area contributed by atoms with E-state index in [0.717, 1.165) is 49.4 Å². The molecule has 1 fully saturated rings. The van der Waals surface area contributed by atoms with Gasteiger partial charge in [-0.2, -0.15) is 0 Å². The number of amides is 1. The first-order valence-corrected chi connectivity index (χ1v) is 10.3. The lowest BCUT2D eigenvalue weighted by molar-refractivity contribution is -0.134. The number of carbonyl (C=O) groups is 1. The Balaban J connectivity index is 1.33. The minimum atomic E-state index is 0.0589. The van der Waals surface area contributed by atoms with Crippen LogP contribution in [0.3, 0.4) is 0 Å². The van der Waals surface area contributed by atoms with Crippen molar-refractivity contribution in [1.82, 2.24) is 9.88 Å². The van der Waals surface area contributed by atoms with Crippen molar-refractivity contribution in [1.29, 1.82) is 0 Å². The van der Waals surface area contributed by atoms with Crippen LogP contribution in [0.2, 0.25) is 0 Å². The van der Waals surface area contributed by atoms with E-state index < -0.39 is 0 Å². The number of fused-ring (bicyclic) bond motifs is 1. The first kappa shape index (κ1) is 19.4. The summed E-state index contributed by atoms with van der Waals surface area (Å²) in [5.41, 5.74) is 3.71. The Morgan fingerprint density at radius 2 is 1.83 bits per heavy atom. The first-order valence-electron chi connectivity index (χ1n) is 10.3. The van der Waals surface area contributed by atoms with Gasteiger partial charge in [-0.25, -0.2) is 0 Å². The summed E-state index contributed by atoms with van der Waals surface area (Å²) in [5.74, 6) is 2.12. The molecule has 0 spiro atoms. The molecule has 5 nitrogen and oxygen atoms in total. The van der Waals surface area contributed by atoms with Gasteiger partial charge in [0.25, 0.3) is 5.91 Å². The number of hydrogen-bond donors (Lipinski definition) is 1. The number of piperidine rings is 1. The fraction of sp³-hybridized carbons (Fsp3) is 0.375. The molecule has 0 unspecified atom stereocenters. The van der Waals surface area contributed by atoms with Crippen molar-refractivity contribution in [2.75, 3.05) is 26.8 Å². The number of aromatic nitrogens is 1. The zero-order valence-corrected chi connectivity index (χ0v) is 17.1. The lowest BCUT2D eigenvalue weighted by Crippen LogP contribution is -2.40. The molecule has 1 aliphatic rings. The zero-order valence-electron chi connectivity index (χ0n) is 17.1. The molecule has 0 aliphatic carbocycles. The Kier molecular flexibility index (Phi) is 5.74. The molecule has 1 saturated heterocycles. The molecular formula is C24H28N2O3. The largest absolute Gasteiger partial charge is 0.497 e. The Bertz CT molecular complexity index is 969. The van der Waals surface area contributed by atoms with E-state index in [0.29, 0.717) is 5.92 Å². The molecule has 1 amide bonds. The van der Waals surface area contributed by atoms with E-state index in [-0.39, 0.29) is 12.5 Å². The molecule has 4 rings (SSSR count). The number of aromatic amines is 1. The molecule has 1 N–H and O–H groups in total. The van der Waals surface area contributed by atoms with Crippen molar-refractivity contribution in [3.05, 3.63) is 59.8 Å². The Morgan fingerprint density at radius 3 is 2.52 bits per heavy atom. The van der Waals surface area contributed by atoms with E-state index in [1.807, 2.05) is 35.2 Å². The molecule has 3 aromatic rings. The lowest BCUT2D eigenvalue weighted by Gasteiger charge is -2.32. The molecule has 0 atom stereocenters. The van der Waals surface area contributed by atoms with Gasteiger partial charge in [0.15, 0.2) is 6.61 Å². The average molecular weight is 392 g/mol. The smallest absolute Gasteiger partial charge is 0.260 e. The second-order valence-electron chi connectivity index (χ2n) is 7.60. The Morgan fingerprint density at radius 1 is 1.10 bits per heavy atom. The number of methoxy groups -OCH3 is 1. The van der Waals surface area contributed by atoms with Gasteiger partial charge in [-0.15, -0.1) is 0 Å². The van der Waals surface area contributed by atoms with Gasteiger partial charge >= 0.3 is 0 Å². The predicted octanol–water partition coefficient (Wildman–Crippen LogP) is 4.52. The summed E-state index contributed by atoms with van der Waals surface area (Å²) in [7, 11) is 1.69. The van der Waals surface area contributed by atoms with E-state index in [1.54, 1.807) is 7.11 Å². The first-order chi connectivity index (χ1) is 14.2. The van der Waals surface area contributed by atoms with Gasteiger partial charge in [-0.3, -0.25) is 4.79 Å². The maximum atomic E-state index is 12.6. The molecular weight excluding hydrogens is 364 g/mol. The molecule has 2 aromatic carbocycles. The van der Waals surface area contributed by atoms with Gasteiger partial charge in [-0.05, 0) is 66.6 Å². The quantitative estimate of drug-likeness (QED) is 0.671. The minimum Gasteiger partial charge on any atom is -0.497 e. The maximum Gasteiger partial charge on any atom is 0.260 e. The highest BCUT2D eigenvalue weighted by Crippen LogP contribution is 2.34. The number of ether oxygens (including phenoxy) is 2. The van der Waals surface area contributed by atoms with Crippen LogP contribution in [0.4, 0.5) is 0 Å². The standard InChI is InChI=1S/C24H28N2O3/c1-3-17-4-6-19(7-5-17)29-16-24(27)26-12-10-18(11-13-26)22-15-25-23-9-8-20(28-2)14-21(22)23/h4-9,14-15,18,25H,3,10-13,16H2,1-2H3. The SMILES string of the molecule is CCc1ccc(OCC(=O)N2CCC(c3c[nH]c4ccc(OC)cc34)CC2)cc1. The summed E-state index contributed by atoms with van der Waals surface area (Å²) in [6.45, 7) is 3.74. The van der Waals surface area contributed by atoms with E-state index in [2.05, 4.69) is 30.2 Å². The fourth-order valence-corrected chi connectivity index (χ4v) is 4.08. The van der Waals surface area contributed by atoms with E-state index in [1.165, 1.54) is 16.5 Å². The Hall–Kier alpha value is -2.95. The van der Waals surface area contributed by atoms with Crippen LogP contribution in [0.5, 0.6) is 11.5 Å². The van der Waals surface area contributed by atoms with Crippen molar-refractivity contribution >= 4 is 16.8 Å². The fourth-order valence-electron chi connectivity index (χ4n) is 4.08. The molecule has 0 bridgehead atoms. The topological polar surface area (TPSA) is 54.6 Å². The van der Waals surface area contributed by atoms with Crippen LogP contribution in [-0.2, 0) is 11.2 Å². The highest BCUT2D eigenvalue weighted by molar-refractivity contribution is 5.85. The minimum absolute atomic E-state index is 0.0589. The van der Waals surface area contributed by atoms with Gasteiger partial charge in [0.1, 0.15) is 11.5 Å². The van der Waals surface area contributed by atoms with Crippen LogP contribution in [0, 0.1) is 0 Å². The molecule has 1 aliphatic heterocycles. The molecule has 2 heterocycles. The van der Waals surface area contributed by atoms with Gasteiger partial charge in [0, 0.05) is 30.2 Å². The van der Waals surface area contributed by atoms with Crippen LogP contribution in [0.1, 0.15) is 36.8 Å². The zero-order chi connectivity index (χ0) is 20.2. The third-order valence-electron chi connectivity index (χ3n) is 5.90. The van der Waals surface area contributed by atoms with Gasteiger partial charge in [0.2, 0.25) is 0 Å². The number of rotatable bonds is 6. The van der Waals surface area contributed by atoms with Crippen molar-refractivity contribution < 1.29 is 14.3 Å². The van der Waals surface area contributed by atoms with Crippen LogP contribution in [0.25, 0.3) is 10.9 Å². The van der Waals surface area contributed by atoms with Crippen molar-refractivity contribution in [3.63, 3.8) is 0 Å². The number of benzene rings is 2. The monoisotopic (exact) mass is 392 g/mol. The number of nitrogens with one attached hydrogen (secondary N) is 1. The molecule has 1 aromatic heterocycles. The number of H-pyrrole nitrogens is 1. The van der Waals surface area contributed by atoms with Gasteiger partial charge in [-0.1, -0.05) is 19.1 Å². The average Bonchev–Trinajstić information content (AvgIpc) is 3.21. The van der Waals surface area contributed by atoms with Crippen molar-refractivity contribution in [3.8, 4) is 11.5 Å². The van der Waals surface area contributed by atoms with Gasteiger partial charge in [0.05, 0.1) is 7.11 Å². The number of likely N-dealkylation sites (tertiary alicyclic amines) is 1. The van der Waals surface area contributed by atoms with Crippen LogP contribution >= 0.6 is 0 Å². The highest BCUT2D eigenvalue weighted by Gasteiger charge is 2.25. The van der Waals surface area contributed by atoms with E-state index in [4.69, 9.17) is 9.47 Å². The molecule has 29 heavy (non-hydrogen) atoms. The summed E-state index contributed by atoms with van der Waals surface area (Å²) in [4.78, 5) is 17.8.